The van der Waals surface area contributed by atoms with Gasteiger partial charge >= 0.3 is 0 Å². The summed E-state index contributed by atoms with van der Waals surface area (Å²) < 4.78 is 0. The maximum atomic E-state index is 6.23. The van der Waals surface area contributed by atoms with Crippen molar-refractivity contribution in [2.45, 2.75) is 12.3 Å². The van der Waals surface area contributed by atoms with Crippen LogP contribution in [0.3, 0.4) is 0 Å². The average Bonchev–Trinajstić information content (AvgIpc) is 2.37. The van der Waals surface area contributed by atoms with Gasteiger partial charge in [-0.15, -0.1) is 0 Å². The zero-order valence-corrected chi connectivity index (χ0v) is 12.5. The van der Waals surface area contributed by atoms with Crippen LogP contribution in [0.4, 0.5) is 0 Å². The van der Waals surface area contributed by atoms with Gasteiger partial charge in [-0.05, 0) is 48.4 Å². The summed E-state index contributed by atoms with van der Waals surface area (Å²) in [5.41, 5.74) is 8.04. The summed E-state index contributed by atoms with van der Waals surface area (Å²) in [6.45, 7) is 0.522. The topological polar surface area (TPSA) is 26.0 Å². The molecule has 1 unspecified atom stereocenters. The highest BCUT2D eigenvalue weighted by Crippen LogP contribution is 2.29. The standard InChI is InChI=1S/C15H14Cl3N/c16-12-3-1-2-10(7-12)6-11(9-19)14-5-4-13(17)8-15(14)18/h1-5,7-8,11H,6,9,19H2. The first-order valence-corrected chi connectivity index (χ1v) is 7.13. The molecule has 1 nitrogen and oxygen atoms in total. The summed E-state index contributed by atoms with van der Waals surface area (Å²) in [4.78, 5) is 0. The fraction of sp³-hybridized carbons (Fsp3) is 0.200. The first-order valence-electron chi connectivity index (χ1n) is 5.99. The van der Waals surface area contributed by atoms with Gasteiger partial charge in [0, 0.05) is 21.0 Å². The van der Waals surface area contributed by atoms with E-state index in [0.717, 1.165) is 22.6 Å². The molecule has 0 aromatic heterocycles. The minimum absolute atomic E-state index is 0.156. The Hall–Kier alpha value is -0.730. The first-order chi connectivity index (χ1) is 9.10. The van der Waals surface area contributed by atoms with Crippen molar-refractivity contribution in [1.82, 2.24) is 0 Å². The number of hydrogen-bond donors (Lipinski definition) is 1. The number of benzene rings is 2. The third-order valence-corrected chi connectivity index (χ3v) is 3.86. The van der Waals surface area contributed by atoms with Crippen LogP contribution in [-0.4, -0.2) is 6.54 Å². The van der Waals surface area contributed by atoms with Crippen molar-refractivity contribution in [3.63, 3.8) is 0 Å². The fourth-order valence-electron chi connectivity index (χ4n) is 2.10. The van der Waals surface area contributed by atoms with Crippen molar-refractivity contribution in [2.75, 3.05) is 6.54 Å². The Labute approximate surface area is 128 Å². The van der Waals surface area contributed by atoms with Crippen LogP contribution >= 0.6 is 34.8 Å². The fourth-order valence-corrected chi connectivity index (χ4v) is 2.88. The Morgan fingerprint density at radius 3 is 2.32 bits per heavy atom. The zero-order valence-electron chi connectivity index (χ0n) is 10.2. The van der Waals surface area contributed by atoms with E-state index in [-0.39, 0.29) is 5.92 Å². The molecule has 1 atom stereocenters. The van der Waals surface area contributed by atoms with Gasteiger partial charge in [0.1, 0.15) is 0 Å². The molecule has 2 aromatic carbocycles. The predicted octanol–water partition coefficient (Wildman–Crippen LogP) is 4.93. The molecule has 0 radical (unpaired) electrons. The molecule has 0 fully saturated rings. The van der Waals surface area contributed by atoms with Crippen LogP contribution in [-0.2, 0) is 6.42 Å². The summed E-state index contributed by atoms with van der Waals surface area (Å²) in [5, 5.41) is 2.02. The Morgan fingerprint density at radius 1 is 0.947 bits per heavy atom. The molecule has 2 N–H and O–H groups in total. The SMILES string of the molecule is NCC(Cc1cccc(Cl)c1)c1ccc(Cl)cc1Cl. The van der Waals surface area contributed by atoms with Gasteiger partial charge in [-0.25, -0.2) is 0 Å². The molecular weight excluding hydrogens is 301 g/mol. The molecule has 0 bridgehead atoms. The minimum atomic E-state index is 0.156. The number of rotatable bonds is 4. The summed E-state index contributed by atoms with van der Waals surface area (Å²) >= 11 is 18.1. The maximum Gasteiger partial charge on any atom is 0.0456 e. The highest BCUT2D eigenvalue weighted by atomic mass is 35.5. The van der Waals surface area contributed by atoms with Crippen LogP contribution in [0.5, 0.6) is 0 Å². The molecular formula is C15H14Cl3N. The van der Waals surface area contributed by atoms with E-state index in [9.17, 15) is 0 Å². The van der Waals surface area contributed by atoms with Crippen molar-refractivity contribution in [3.8, 4) is 0 Å². The number of halogens is 3. The second-order valence-electron chi connectivity index (χ2n) is 4.43. The van der Waals surface area contributed by atoms with E-state index >= 15 is 0 Å². The quantitative estimate of drug-likeness (QED) is 0.850. The molecule has 0 saturated carbocycles. The molecule has 0 aliphatic rings. The van der Waals surface area contributed by atoms with E-state index < -0.39 is 0 Å². The Morgan fingerprint density at radius 2 is 1.68 bits per heavy atom. The van der Waals surface area contributed by atoms with E-state index in [1.54, 1.807) is 6.07 Å². The van der Waals surface area contributed by atoms with Crippen LogP contribution in [0.1, 0.15) is 17.0 Å². The molecule has 0 aliphatic carbocycles. The Balaban J connectivity index is 2.25. The van der Waals surface area contributed by atoms with E-state index in [4.69, 9.17) is 40.5 Å². The van der Waals surface area contributed by atoms with Gasteiger partial charge in [-0.3, -0.25) is 0 Å². The predicted molar refractivity (Wildman–Crippen MR) is 83.4 cm³/mol. The molecule has 2 rings (SSSR count). The lowest BCUT2D eigenvalue weighted by Crippen LogP contribution is -2.15. The Kier molecular flexibility index (Phi) is 5.12. The van der Waals surface area contributed by atoms with E-state index in [0.29, 0.717) is 16.6 Å². The second kappa shape index (κ2) is 6.62. The summed E-state index contributed by atoms with van der Waals surface area (Å²) in [6, 6.07) is 13.3. The van der Waals surface area contributed by atoms with Crippen molar-refractivity contribution in [3.05, 3.63) is 68.7 Å². The largest absolute Gasteiger partial charge is 0.330 e. The number of nitrogens with two attached hydrogens (primary N) is 1. The molecule has 0 saturated heterocycles. The molecule has 2 aromatic rings. The molecule has 0 heterocycles. The van der Waals surface area contributed by atoms with Crippen LogP contribution < -0.4 is 5.73 Å². The Bertz CT molecular complexity index is 569. The van der Waals surface area contributed by atoms with Gasteiger partial charge in [0.25, 0.3) is 0 Å². The molecule has 100 valence electrons. The second-order valence-corrected chi connectivity index (χ2v) is 5.71. The summed E-state index contributed by atoms with van der Waals surface area (Å²) in [7, 11) is 0. The molecule has 0 spiro atoms. The molecule has 0 amide bonds. The molecule has 0 aliphatic heterocycles. The van der Waals surface area contributed by atoms with Crippen molar-refractivity contribution in [1.29, 1.82) is 0 Å². The van der Waals surface area contributed by atoms with Crippen molar-refractivity contribution < 1.29 is 0 Å². The van der Waals surface area contributed by atoms with Crippen molar-refractivity contribution >= 4 is 34.8 Å². The molecule has 19 heavy (non-hydrogen) atoms. The normalized spacial score (nSPS) is 12.4. The lowest BCUT2D eigenvalue weighted by Gasteiger charge is -2.17. The lowest BCUT2D eigenvalue weighted by atomic mass is 9.92. The van der Waals surface area contributed by atoms with Crippen molar-refractivity contribution in [2.24, 2.45) is 5.73 Å². The van der Waals surface area contributed by atoms with Gasteiger partial charge in [0.2, 0.25) is 0 Å². The van der Waals surface area contributed by atoms with Gasteiger partial charge < -0.3 is 5.73 Å². The summed E-state index contributed by atoms with van der Waals surface area (Å²) in [5.74, 6) is 0.156. The zero-order chi connectivity index (χ0) is 13.8. The highest BCUT2D eigenvalue weighted by molar-refractivity contribution is 6.35. The van der Waals surface area contributed by atoms with Crippen LogP contribution in [0.15, 0.2) is 42.5 Å². The first kappa shape index (κ1) is 14.7. The van der Waals surface area contributed by atoms with Crippen LogP contribution in [0.2, 0.25) is 15.1 Å². The molecule has 4 heteroatoms. The smallest absolute Gasteiger partial charge is 0.0456 e. The van der Waals surface area contributed by atoms with E-state index in [1.807, 2.05) is 36.4 Å². The maximum absolute atomic E-state index is 6.23. The van der Waals surface area contributed by atoms with Crippen LogP contribution in [0.25, 0.3) is 0 Å². The minimum Gasteiger partial charge on any atom is -0.330 e. The van der Waals surface area contributed by atoms with Crippen LogP contribution in [0, 0.1) is 0 Å². The lowest BCUT2D eigenvalue weighted by molar-refractivity contribution is 0.694. The number of hydrogen-bond acceptors (Lipinski definition) is 1. The highest BCUT2D eigenvalue weighted by Gasteiger charge is 2.14. The van der Waals surface area contributed by atoms with Gasteiger partial charge in [-0.1, -0.05) is 53.0 Å². The van der Waals surface area contributed by atoms with Gasteiger partial charge in [-0.2, -0.15) is 0 Å². The van der Waals surface area contributed by atoms with E-state index in [2.05, 4.69) is 0 Å². The van der Waals surface area contributed by atoms with Gasteiger partial charge in [0.05, 0.1) is 0 Å². The van der Waals surface area contributed by atoms with Gasteiger partial charge in [0.15, 0.2) is 0 Å². The average molecular weight is 315 g/mol. The third kappa shape index (κ3) is 3.87. The summed E-state index contributed by atoms with van der Waals surface area (Å²) in [6.07, 6.45) is 0.804. The third-order valence-electron chi connectivity index (χ3n) is 3.06. The monoisotopic (exact) mass is 313 g/mol. The van der Waals surface area contributed by atoms with E-state index in [1.165, 1.54) is 0 Å².